The van der Waals surface area contributed by atoms with Gasteiger partial charge in [-0.05, 0) is 38.5 Å². The van der Waals surface area contributed by atoms with Crippen molar-refractivity contribution in [1.29, 1.82) is 0 Å². The molecule has 0 aromatic heterocycles. The first-order chi connectivity index (χ1) is 7.93. The van der Waals surface area contributed by atoms with Crippen molar-refractivity contribution < 1.29 is 14.7 Å². The van der Waals surface area contributed by atoms with Crippen molar-refractivity contribution in [3.05, 3.63) is 0 Å². The summed E-state index contributed by atoms with van der Waals surface area (Å²) in [6, 6.07) is -0.893. The number of carboxylic acid groups (broad SMARTS) is 1. The second-order valence-corrected chi connectivity index (χ2v) is 5.59. The summed E-state index contributed by atoms with van der Waals surface area (Å²) >= 11 is 0. The molecule has 2 unspecified atom stereocenters. The summed E-state index contributed by atoms with van der Waals surface area (Å²) in [7, 11) is 0. The number of likely N-dealkylation sites (tertiary alicyclic amines) is 1. The molecular formula is C12H20N2O3. The van der Waals surface area contributed by atoms with Crippen molar-refractivity contribution in [1.82, 2.24) is 10.2 Å². The van der Waals surface area contributed by atoms with Crippen LogP contribution in [0.5, 0.6) is 0 Å². The largest absolute Gasteiger partial charge is 0.480 e. The van der Waals surface area contributed by atoms with Crippen molar-refractivity contribution >= 4 is 12.0 Å². The van der Waals surface area contributed by atoms with Gasteiger partial charge in [-0.2, -0.15) is 0 Å². The van der Waals surface area contributed by atoms with Gasteiger partial charge in [0.15, 0.2) is 0 Å². The minimum absolute atomic E-state index is 0.0269. The molecule has 2 aliphatic rings. The van der Waals surface area contributed by atoms with Gasteiger partial charge in [-0.25, -0.2) is 9.59 Å². The van der Waals surface area contributed by atoms with E-state index in [2.05, 4.69) is 5.32 Å². The molecule has 5 nitrogen and oxygen atoms in total. The first-order valence-electron chi connectivity index (χ1n) is 6.24. The smallest absolute Gasteiger partial charge is 0.326 e. The Morgan fingerprint density at radius 1 is 1.41 bits per heavy atom. The summed E-state index contributed by atoms with van der Waals surface area (Å²) in [5.41, 5.74) is -0.0964. The van der Waals surface area contributed by atoms with Crippen molar-refractivity contribution in [2.24, 2.45) is 5.92 Å². The number of hydrogen-bond acceptors (Lipinski definition) is 2. The molecule has 1 saturated carbocycles. The van der Waals surface area contributed by atoms with Crippen LogP contribution in [0.4, 0.5) is 4.79 Å². The average molecular weight is 240 g/mol. The van der Waals surface area contributed by atoms with Gasteiger partial charge in [0.2, 0.25) is 0 Å². The maximum atomic E-state index is 12.1. The Balaban J connectivity index is 2.05. The fraction of sp³-hybridized carbons (Fsp3) is 0.833. The Morgan fingerprint density at radius 3 is 2.59 bits per heavy atom. The van der Waals surface area contributed by atoms with Crippen LogP contribution in [0.1, 0.15) is 39.5 Å². The second-order valence-electron chi connectivity index (χ2n) is 5.59. The van der Waals surface area contributed by atoms with Gasteiger partial charge < -0.3 is 15.3 Å². The summed E-state index contributed by atoms with van der Waals surface area (Å²) in [6.45, 7) is 4.44. The van der Waals surface area contributed by atoms with Crippen LogP contribution >= 0.6 is 0 Å². The fourth-order valence-electron chi connectivity index (χ4n) is 2.43. The minimum atomic E-state index is -0.895. The van der Waals surface area contributed by atoms with Crippen LogP contribution in [0.3, 0.4) is 0 Å². The lowest BCUT2D eigenvalue weighted by molar-refractivity contribution is -0.145. The molecular weight excluding hydrogens is 220 g/mol. The van der Waals surface area contributed by atoms with Gasteiger partial charge in [-0.15, -0.1) is 0 Å². The Kier molecular flexibility index (Phi) is 3.02. The molecule has 0 aromatic carbocycles. The number of hydrogen-bond donors (Lipinski definition) is 2. The van der Waals surface area contributed by atoms with Crippen LogP contribution in [-0.2, 0) is 4.79 Å². The molecule has 2 amide bonds. The number of aliphatic carboxylic acids is 1. The molecule has 2 fully saturated rings. The van der Waals surface area contributed by atoms with E-state index in [-0.39, 0.29) is 17.5 Å². The first kappa shape index (κ1) is 12.2. The standard InChI is InChI=1S/C12H20N2O3/c1-8-4-3-7-14(9(8)10(15)16)11(17)13-12(2)5-6-12/h8-9H,3-7H2,1-2H3,(H,13,17)(H,15,16). The number of urea groups is 1. The number of piperidine rings is 1. The molecule has 1 aliphatic heterocycles. The monoisotopic (exact) mass is 240 g/mol. The fourth-order valence-corrected chi connectivity index (χ4v) is 2.43. The van der Waals surface area contributed by atoms with Crippen LogP contribution in [0.25, 0.3) is 0 Å². The van der Waals surface area contributed by atoms with Gasteiger partial charge in [-0.1, -0.05) is 6.92 Å². The van der Waals surface area contributed by atoms with Crippen LogP contribution in [0, 0.1) is 5.92 Å². The van der Waals surface area contributed by atoms with Crippen LogP contribution in [0.15, 0.2) is 0 Å². The third kappa shape index (κ3) is 2.53. The Morgan fingerprint density at radius 2 is 2.06 bits per heavy atom. The van der Waals surface area contributed by atoms with Crippen LogP contribution < -0.4 is 5.32 Å². The van der Waals surface area contributed by atoms with Gasteiger partial charge >= 0.3 is 12.0 Å². The van der Waals surface area contributed by atoms with E-state index in [1.165, 1.54) is 4.90 Å². The molecule has 1 heterocycles. The lowest BCUT2D eigenvalue weighted by Gasteiger charge is -2.37. The lowest BCUT2D eigenvalue weighted by Crippen LogP contribution is -2.56. The van der Waals surface area contributed by atoms with E-state index >= 15 is 0 Å². The van der Waals surface area contributed by atoms with Crippen molar-refractivity contribution in [2.75, 3.05) is 6.54 Å². The van der Waals surface area contributed by atoms with Gasteiger partial charge in [0.25, 0.3) is 0 Å². The quantitative estimate of drug-likeness (QED) is 0.767. The summed E-state index contributed by atoms with van der Waals surface area (Å²) < 4.78 is 0. The molecule has 0 radical (unpaired) electrons. The molecule has 17 heavy (non-hydrogen) atoms. The molecule has 2 rings (SSSR count). The zero-order valence-electron chi connectivity index (χ0n) is 10.4. The number of rotatable bonds is 2. The molecule has 0 aromatic rings. The van der Waals surface area contributed by atoms with E-state index in [9.17, 15) is 14.7 Å². The van der Waals surface area contributed by atoms with Gasteiger partial charge in [0.05, 0.1) is 0 Å². The normalized spacial score (nSPS) is 30.8. The SMILES string of the molecule is CC1CCCN(C(=O)NC2(C)CC2)C1C(=O)O. The lowest BCUT2D eigenvalue weighted by atomic mass is 9.91. The van der Waals surface area contributed by atoms with E-state index in [1.54, 1.807) is 0 Å². The van der Waals surface area contributed by atoms with E-state index < -0.39 is 12.0 Å². The maximum Gasteiger partial charge on any atom is 0.326 e. The Hall–Kier alpha value is -1.26. The van der Waals surface area contributed by atoms with Crippen LogP contribution in [-0.4, -0.2) is 40.1 Å². The highest BCUT2D eigenvalue weighted by molar-refractivity contribution is 5.83. The highest BCUT2D eigenvalue weighted by Gasteiger charge is 2.43. The molecule has 0 spiro atoms. The van der Waals surface area contributed by atoms with E-state index in [4.69, 9.17) is 0 Å². The summed E-state index contributed by atoms with van der Waals surface area (Å²) in [5, 5.41) is 12.1. The van der Waals surface area contributed by atoms with Gasteiger partial charge in [-0.3, -0.25) is 0 Å². The first-order valence-corrected chi connectivity index (χ1v) is 6.24. The highest BCUT2D eigenvalue weighted by Crippen LogP contribution is 2.35. The minimum Gasteiger partial charge on any atom is -0.480 e. The summed E-state index contributed by atoms with van der Waals surface area (Å²) in [6.07, 6.45) is 3.73. The number of carbonyl (C=O) groups excluding carboxylic acids is 1. The van der Waals surface area contributed by atoms with Gasteiger partial charge in [0.1, 0.15) is 6.04 Å². The third-order valence-corrected chi connectivity index (χ3v) is 3.86. The molecule has 5 heteroatoms. The summed E-state index contributed by atoms with van der Waals surface area (Å²) in [5.74, 6) is -0.868. The molecule has 96 valence electrons. The van der Waals surface area contributed by atoms with Crippen LogP contribution in [0.2, 0.25) is 0 Å². The zero-order chi connectivity index (χ0) is 12.6. The topological polar surface area (TPSA) is 69.6 Å². The summed E-state index contributed by atoms with van der Waals surface area (Å²) in [4.78, 5) is 24.8. The number of carboxylic acids is 1. The zero-order valence-corrected chi connectivity index (χ0v) is 10.4. The molecule has 2 N–H and O–H groups in total. The van der Waals surface area contributed by atoms with Crippen molar-refractivity contribution in [3.63, 3.8) is 0 Å². The number of nitrogens with one attached hydrogen (secondary N) is 1. The predicted molar refractivity (Wildman–Crippen MR) is 62.7 cm³/mol. The van der Waals surface area contributed by atoms with Crippen molar-refractivity contribution in [2.45, 2.75) is 51.1 Å². The van der Waals surface area contributed by atoms with E-state index in [1.807, 2.05) is 13.8 Å². The molecule has 2 atom stereocenters. The number of amides is 2. The molecule has 1 saturated heterocycles. The highest BCUT2D eigenvalue weighted by atomic mass is 16.4. The predicted octanol–water partition coefficient (Wildman–Crippen LogP) is 1.43. The maximum absolute atomic E-state index is 12.1. The third-order valence-electron chi connectivity index (χ3n) is 3.86. The van der Waals surface area contributed by atoms with Gasteiger partial charge in [0, 0.05) is 12.1 Å². The Bertz CT molecular complexity index is 339. The number of nitrogens with zero attached hydrogens (tertiary/aromatic N) is 1. The molecule has 1 aliphatic carbocycles. The van der Waals surface area contributed by atoms with E-state index in [0.29, 0.717) is 6.54 Å². The van der Waals surface area contributed by atoms with E-state index in [0.717, 1.165) is 25.7 Å². The Labute approximate surface area is 101 Å². The second kappa shape index (κ2) is 4.20. The van der Waals surface area contributed by atoms with Crippen molar-refractivity contribution in [3.8, 4) is 0 Å². The number of carbonyl (C=O) groups is 2. The molecule has 0 bridgehead atoms. The average Bonchev–Trinajstić information content (AvgIpc) is 2.95.